The Balaban J connectivity index is 2.41. The van der Waals surface area contributed by atoms with Crippen molar-refractivity contribution in [1.82, 2.24) is 4.98 Å². The molecule has 1 aliphatic carbocycles. The summed E-state index contributed by atoms with van der Waals surface area (Å²) >= 11 is 6.14. The van der Waals surface area contributed by atoms with Crippen LogP contribution in [0.5, 0.6) is 0 Å². The highest BCUT2D eigenvalue weighted by Crippen LogP contribution is 2.51. The van der Waals surface area contributed by atoms with Crippen LogP contribution in [-0.2, 0) is 4.87 Å². The van der Waals surface area contributed by atoms with Gasteiger partial charge in [-0.25, -0.2) is 0 Å². The fraction of sp³-hybridized carbons (Fsp3) is 0.375. The van der Waals surface area contributed by atoms with E-state index in [1.54, 1.807) is 12.3 Å². The van der Waals surface area contributed by atoms with E-state index >= 15 is 0 Å². The van der Waals surface area contributed by atoms with Crippen molar-refractivity contribution in [1.29, 1.82) is 0 Å². The van der Waals surface area contributed by atoms with E-state index in [1.807, 2.05) is 0 Å². The third-order valence-corrected chi connectivity index (χ3v) is 2.69. The van der Waals surface area contributed by atoms with Crippen molar-refractivity contribution in [2.45, 2.75) is 17.7 Å². The van der Waals surface area contributed by atoms with Gasteiger partial charge in [0.25, 0.3) is 0 Å². The first-order valence-corrected chi connectivity index (χ1v) is 4.20. The lowest BCUT2D eigenvalue weighted by atomic mass is 10.2. The monoisotopic (exact) mass is 183 g/mol. The van der Waals surface area contributed by atoms with Gasteiger partial charge in [-0.3, -0.25) is 4.98 Å². The van der Waals surface area contributed by atoms with Gasteiger partial charge in [-0.05, 0) is 18.9 Å². The van der Waals surface area contributed by atoms with E-state index in [0.29, 0.717) is 11.4 Å². The average molecular weight is 184 g/mol. The number of alkyl halides is 1. The van der Waals surface area contributed by atoms with Gasteiger partial charge >= 0.3 is 0 Å². The number of halogens is 1. The Morgan fingerprint density at radius 1 is 1.33 bits per heavy atom. The fourth-order valence-corrected chi connectivity index (χ4v) is 1.29. The number of nitrogens with two attached hydrogens (primary N) is 2. The van der Waals surface area contributed by atoms with Crippen molar-refractivity contribution in [2.75, 3.05) is 11.5 Å². The van der Waals surface area contributed by atoms with Crippen molar-refractivity contribution in [2.24, 2.45) is 0 Å². The summed E-state index contributed by atoms with van der Waals surface area (Å²) in [6.07, 6.45) is 3.52. The van der Waals surface area contributed by atoms with Gasteiger partial charge in [0.15, 0.2) is 0 Å². The maximum Gasteiger partial charge on any atom is 0.0868 e. The molecule has 0 aliphatic heterocycles. The first kappa shape index (κ1) is 7.68. The van der Waals surface area contributed by atoms with E-state index in [2.05, 4.69) is 4.98 Å². The molecule has 64 valence electrons. The maximum absolute atomic E-state index is 6.14. The van der Waals surface area contributed by atoms with Crippen LogP contribution < -0.4 is 11.5 Å². The van der Waals surface area contributed by atoms with Crippen molar-refractivity contribution in [3.05, 3.63) is 18.0 Å². The lowest BCUT2D eigenvalue weighted by molar-refractivity contribution is 0.940. The Bertz CT molecular complexity index is 320. The molecule has 1 fully saturated rings. The summed E-state index contributed by atoms with van der Waals surface area (Å²) in [5, 5.41) is 0. The number of rotatable bonds is 1. The molecule has 0 unspecified atom stereocenters. The topological polar surface area (TPSA) is 64.9 Å². The van der Waals surface area contributed by atoms with Crippen LogP contribution in [0.25, 0.3) is 0 Å². The minimum absolute atomic E-state index is 0.248. The number of aromatic nitrogens is 1. The van der Waals surface area contributed by atoms with Gasteiger partial charge in [0.1, 0.15) is 0 Å². The Morgan fingerprint density at radius 2 is 2.00 bits per heavy atom. The molecule has 4 N–H and O–H groups in total. The second kappa shape index (κ2) is 2.26. The number of hydrogen-bond acceptors (Lipinski definition) is 3. The van der Waals surface area contributed by atoms with Crippen molar-refractivity contribution in [3.8, 4) is 0 Å². The molecular formula is C8H10ClN3. The number of nitrogens with zero attached hydrogens (tertiary/aromatic N) is 1. The van der Waals surface area contributed by atoms with Crippen molar-refractivity contribution < 1.29 is 0 Å². The normalized spacial score (nSPS) is 19.1. The molecule has 0 saturated heterocycles. The first-order valence-electron chi connectivity index (χ1n) is 3.82. The molecule has 1 aliphatic rings. The van der Waals surface area contributed by atoms with Gasteiger partial charge in [-0.15, -0.1) is 11.6 Å². The Hall–Kier alpha value is -0.960. The number of anilines is 2. The second-order valence-electron chi connectivity index (χ2n) is 3.16. The van der Waals surface area contributed by atoms with E-state index in [4.69, 9.17) is 23.1 Å². The molecule has 0 amide bonds. The van der Waals surface area contributed by atoms with Crippen LogP contribution in [0.4, 0.5) is 11.4 Å². The minimum atomic E-state index is -0.248. The molecule has 1 aromatic heterocycles. The van der Waals surface area contributed by atoms with E-state index in [-0.39, 0.29) is 4.87 Å². The maximum atomic E-state index is 6.14. The lowest BCUT2D eigenvalue weighted by Crippen LogP contribution is -2.03. The third kappa shape index (κ3) is 1.10. The highest BCUT2D eigenvalue weighted by molar-refractivity contribution is 6.25. The summed E-state index contributed by atoms with van der Waals surface area (Å²) in [5.41, 5.74) is 13.1. The standard InChI is InChI=1S/C8H10ClN3/c9-8(1-2-8)7-3-5(10)6(11)4-12-7/h3-4H,1-2,11H2,(H2,10,12). The molecule has 4 heteroatoms. The molecule has 0 atom stereocenters. The summed E-state index contributed by atoms with van der Waals surface area (Å²) in [5.74, 6) is 0. The molecule has 0 aromatic carbocycles. The molecule has 0 bridgehead atoms. The van der Waals surface area contributed by atoms with Crippen molar-refractivity contribution in [3.63, 3.8) is 0 Å². The van der Waals surface area contributed by atoms with Gasteiger partial charge in [0.05, 0.1) is 28.1 Å². The number of nitrogen functional groups attached to an aromatic ring is 2. The van der Waals surface area contributed by atoms with Crippen LogP contribution >= 0.6 is 11.6 Å². The smallest absolute Gasteiger partial charge is 0.0868 e. The van der Waals surface area contributed by atoms with E-state index < -0.39 is 0 Å². The minimum Gasteiger partial charge on any atom is -0.397 e. The molecule has 0 radical (unpaired) electrons. The molecule has 3 nitrogen and oxygen atoms in total. The first-order chi connectivity index (χ1) is 5.62. The zero-order valence-corrected chi connectivity index (χ0v) is 7.30. The predicted molar refractivity (Wildman–Crippen MR) is 49.8 cm³/mol. The molecule has 1 saturated carbocycles. The summed E-state index contributed by atoms with van der Waals surface area (Å²) in [6, 6.07) is 1.76. The number of pyridine rings is 1. The van der Waals surface area contributed by atoms with E-state index in [0.717, 1.165) is 18.5 Å². The molecule has 2 rings (SSSR count). The molecule has 12 heavy (non-hydrogen) atoms. The van der Waals surface area contributed by atoms with Gasteiger partial charge in [-0.2, -0.15) is 0 Å². The molecular weight excluding hydrogens is 174 g/mol. The molecule has 1 aromatic rings. The third-order valence-electron chi connectivity index (χ3n) is 2.12. The van der Waals surface area contributed by atoms with Crippen LogP contribution in [-0.4, -0.2) is 4.98 Å². The van der Waals surface area contributed by atoms with Gasteiger partial charge in [0, 0.05) is 0 Å². The molecule has 0 spiro atoms. The van der Waals surface area contributed by atoms with E-state index in [9.17, 15) is 0 Å². The van der Waals surface area contributed by atoms with Crippen LogP contribution in [0.2, 0.25) is 0 Å². The second-order valence-corrected chi connectivity index (χ2v) is 3.89. The average Bonchev–Trinajstić information content (AvgIpc) is 2.75. The Kier molecular flexibility index (Phi) is 1.45. The SMILES string of the molecule is Nc1cnc(C2(Cl)CC2)cc1N. The van der Waals surface area contributed by atoms with Gasteiger partial charge in [0.2, 0.25) is 0 Å². The quantitative estimate of drug-likeness (QED) is 0.649. The van der Waals surface area contributed by atoms with E-state index in [1.165, 1.54) is 0 Å². The number of hydrogen-bond donors (Lipinski definition) is 2. The Labute approximate surface area is 75.7 Å². The molecule has 1 heterocycles. The predicted octanol–water partition coefficient (Wildman–Crippen LogP) is 1.47. The lowest BCUT2D eigenvalue weighted by Gasteiger charge is -2.07. The highest BCUT2D eigenvalue weighted by atomic mass is 35.5. The van der Waals surface area contributed by atoms with Crippen LogP contribution in [0.1, 0.15) is 18.5 Å². The van der Waals surface area contributed by atoms with Crippen LogP contribution in [0.3, 0.4) is 0 Å². The summed E-state index contributed by atoms with van der Waals surface area (Å²) < 4.78 is 0. The highest BCUT2D eigenvalue weighted by Gasteiger charge is 2.43. The zero-order chi connectivity index (χ0) is 8.77. The van der Waals surface area contributed by atoms with Gasteiger partial charge in [-0.1, -0.05) is 0 Å². The largest absolute Gasteiger partial charge is 0.397 e. The zero-order valence-electron chi connectivity index (χ0n) is 6.55. The Morgan fingerprint density at radius 3 is 2.50 bits per heavy atom. The summed E-state index contributed by atoms with van der Waals surface area (Å²) in [6.45, 7) is 0. The summed E-state index contributed by atoms with van der Waals surface area (Å²) in [7, 11) is 0. The van der Waals surface area contributed by atoms with Crippen molar-refractivity contribution >= 4 is 23.0 Å². The van der Waals surface area contributed by atoms with Crippen LogP contribution in [0, 0.1) is 0 Å². The summed E-state index contributed by atoms with van der Waals surface area (Å²) in [4.78, 5) is 3.89. The van der Waals surface area contributed by atoms with Gasteiger partial charge < -0.3 is 11.5 Å². The van der Waals surface area contributed by atoms with Crippen LogP contribution in [0.15, 0.2) is 12.3 Å². The fourth-order valence-electron chi connectivity index (χ4n) is 1.09.